The predicted octanol–water partition coefficient (Wildman–Crippen LogP) is 1.53. The van der Waals surface area contributed by atoms with Crippen LogP contribution in [0.1, 0.15) is 25.3 Å². The van der Waals surface area contributed by atoms with E-state index in [9.17, 15) is 9.59 Å². The molecule has 1 amide bonds. The molecule has 2 atom stereocenters. The molecular formula is C14H19NO5. The van der Waals surface area contributed by atoms with Crippen LogP contribution in [0.5, 0.6) is 0 Å². The van der Waals surface area contributed by atoms with Crippen LogP contribution in [-0.2, 0) is 16.1 Å². The number of nitrogens with one attached hydrogen (secondary N) is 1. The number of hydrogen-bond acceptors (Lipinski definition) is 4. The van der Waals surface area contributed by atoms with Crippen LogP contribution in [-0.4, -0.2) is 34.4 Å². The Morgan fingerprint density at radius 1 is 1.25 bits per heavy atom. The molecule has 0 heterocycles. The van der Waals surface area contributed by atoms with Gasteiger partial charge in [0.05, 0.1) is 6.10 Å². The quantitative estimate of drug-likeness (QED) is 0.704. The molecule has 0 saturated carbocycles. The molecule has 0 saturated heterocycles. The molecule has 1 aromatic carbocycles. The molecule has 0 spiro atoms. The van der Waals surface area contributed by atoms with Crippen molar-refractivity contribution in [3.05, 3.63) is 35.9 Å². The molecule has 0 fully saturated rings. The van der Waals surface area contributed by atoms with Gasteiger partial charge < -0.3 is 20.3 Å². The Morgan fingerprint density at radius 3 is 2.45 bits per heavy atom. The Hall–Kier alpha value is -2.08. The highest BCUT2D eigenvalue weighted by Gasteiger charge is 2.20. The molecule has 0 unspecified atom stereocenters. The van der Waals surface area contributed by atoms with Crippen LogP contribution in [0.2, 0.25) is 0 Å². The van der Waals surface area contributed by atoms with Crippen LogP contribution < -0.4 is 5.32 Å². The van der Waals surface area contributed by atoms with Crippen molar-refractivity contribution >= 4 is 12.1 Å². The van der Waals surface area contributed by atoms with E-state index in [1.807, 2.05) is 18.2 Å². The molecule has 0 aliphatic carbocycles. The number of aliphatic hydroxyl groups excluding tert-OH is 1. The van der Waals surface area contributed by atoms with Gasteiger partial charge in [-0.3, -0.25) is 0 Å². The Morgan fingerprint density at radius 2 is 1.90 bits per heavy atom. The molecule has 1 aromatic rings. The van der Waals surface area contributed by atoms with E-state index in [-0.39, 0.29) is 19.4 Å². The first-order chi connectivity index (χ1) is 9.49. The van der Waals surface area contributed by atoms with Crippen molar-refractivity contribution in [2.75, 3.05) is 0 Å². The third-order valence-electron chi connectivity index (χ3n) is 2.68. The zero-order valence-corrected chi connectivity index (χ0v) is 11.3. The molecule has 20 heavy (non-hydrogen) atoms. The van der Waals surface area contributed by atoms with Gasteiger partial charge in [-0.15, -0.1) is 0 Å². The smallest absolute Gasteiger partial charge is 0.408 e. The number of carbonyl (C=O) groups excluding carboxylic acids is 1. The third kappa shape index (κ3) is 6.19. The van der Waals surface area contributed by atoms with Crippen LogP contribution in [0.3, 0.4) is 0 Å². The van der Waals surface area contributed by atoms with Crippen LogP contribution in [0, 0.1) is 0 Å². The Balaban J connectivity index is 2.40. The Labute approximate surface area is 117 Å². The lowest BCUT2D eigenvalue weighted by molar-refractivity contribution is -0.139. The minimum Gasteiger partial charge on any atom is -0.480 e. The second-order valence-corrected chi connectivity index (χ2v) is 4.52. The summed E-state index contributed by atoms with van der Waals surface area (Å²) >= 11 is 0. The normalized spacial score (nSPS) is 13.3. The molecule has 110 valence electrons. The summed E-state index contributed by atoms with van der Waals surface area (Å²) in [5, 5.41) is 20.4. The number of carboxylic acids is 1. The summed E-state index contributed by atoms with van der Waals surface area (Å²) in [7, 11) is 0. The topological polar surface area (TPSA) is 95.9 Å². The predicted molar refractivity (Wildman–Crippen MR) is 72.1 cm³/mol. The number of hydrogen-bond donors (Lipinski definition) is 3. The first-order valence-corrected chi connectivity index (χ1v) is 6.37. The van der Waals surface area contributed by atoms with Gasteiger partial charge in [0.15, 0.2) is 0 Å². The maximum absolute atomic E-state index is 11.5. The number of ether oxygens (including phenoxy) is 1. The lowest BCUT2D eigenvalue weighted by atomic mass is 10.1. The summed E-state index contributed by atoms with van der Waals surface area (Å²) in [4.78, 5) is 22.5. The van der Waals surface area contributed by atoms with Gasteiger partial charge in [-0.2, -0.15) is 0 Å². The number of aliphatic carboxylic acids is 1. The molecule has 0 bridgehead atoms. The van der Waals surface area contributed by atoms with Crippen LogP contribution in [0.25, 0.3) is 0 Å². The number of alkyl carbamates (subject to hydrolysis) is 1. The monoisotopic (exact) mass is 281 g/mol. The number of carboxylic acid groups (broad SMARTS) is 1. The summed E-state index contributed by atoms with van der Waals surface area (Å²) < 4.78 is 4.94. The minimum absolute atomic E-state index is 0.0788. The van der Waals surface area contributed by atoms with Crippen LogP contribution >= 0.6 is 0 Å². The molecule has 0 aliphatic rings. The molecule has 3 N–H and O–H groups in total. The van der Waals surface area contributed by atoms with E-state index in [0.717, 1.165) is 5.56 Å². The highest BCUT2D eigenvalue weighted by molar-refractivity contribution is 5.79. The van der Waals surface area contributed by atoms with Crippen molar-refractivity contribution in [2.45, 2.75) is 38.5 Å². The molecule has 6 heteroatoms. The highest BCUT2D eigenvalue weighted by Crippen LogP contribution is 2.04. The van der Waals surface area contributed by atoms with E-state index >= 15 is 0 Å². The average molecular weight is 281 g/mol. The highest BCUT2D eigenvalue weighted by atomic mass is 16.5. The third-order valence-corrected chi connectivity index (χ3v) is 2.68. The summed E-state index contributed by atoms with van der Waals surface area (Å²) in [6, 6.07) is 8.02. The van der Waals surface area contributed by atoms with Crippen molar-refractivity contribution in [3.63, 3.8) is 0 Å². The molecule has 0 aromatic heterocycles. The molecule has 0 radical (unpaired) electrons. The van der Waals surface area contributed by atoms with Gasteiger partial charge in [-0.1, -0.05) is 30.3 Å². The van der Waals surface area contributed by atoms with Gasteiger partial charge in [-0.25, -0.2) is 9.59 Å². The van der Waals surface area contributed by atoms with Gasteiger partial charge in [0.1, 0.15) is 12.6 Å². The van der Waals surface area contributed by atoms with Crippen LogP contribution in [0.15, 0.2) is 30.3 Å². The van der Waals surface area contributed by atoms with E-state index in [1.54, 1.807) is 19.1 Å². The standard InChI is InChI=1S/C14H19NO5/c1-10(16)7-8-12(13(17)18)15-14(19)20-9-11-5-3-2-4-6-11/h2-6,10,12,16H,7-9H2,1H3,(H,15,19)(H,17,18)/t10-,12-/m1/s1. The van der Waals surface area contributed by atoms with E-state index in [1.165, 1.54) is 0 Å². The minimum atomic E-state index is -1.15. The number of aliphatic hydroxyl groups is 1. The first kappa shape index (κ1) is 16.0. The number of benzene rings is 1. The molecule has 0 aliphatic heterocycles. The molecular weight excluding hydrogens is 262 g/mol. The van der Waals surface area contributed by atoms with E-state index in [0.29, 0.717) is 0 Å². The van der Waals surface area contributed by atoms with E-state index < -0.39 is 24.2 Å². The average Bonchev–Trinajstić information content (AvgIpc) is 2.41. The van der Waals surface area contributed by atoms with Gasteiger partial charge in [-0.05, 0) is 25.3 Å². The van der Waals surface area contributed by atoms with Crippen molar-refractivity contribution < 1.29 is 24.5 Å². The second-order valence-electron chi connectivity index (χ2n) is 4.52. The summed E-state index contributed by atoms with van der Waals surface area (Å²) in [6.45, 7) is 1.64. The maximum Gasteiger partial charge on any atom is 0.408 e. The maximum atomic E-state index is 11.5. The largest absolute Gasteiger partial charge is 0.480 e. The fraction of sp³-hybridized carbons (Fsp3) is 0.429. The van der Waals surface area contributed by atoms with Gasteiger partial charge in [0.2, 0.25) is 0 Å². The molecule has 6 nitrogen and oxygen atoms in total. The van der Waals surface area contributed by atoms with Crippen molar-refractivity contribution in [1.82, 2.24) is 5.32 Å². The number of amides is 1. The first-order valence-electron chi connectivity index (χ1n) is 6.37. The lowest BCUT2D eigenvalue weighted by Crippen LogP contribution is -2.41. The number of rotatable bonds is 7. The van der Waals surface area contributed by atoms with Gasteiger partial charge in [0, 0.05) is 0 Å². The fourth-order valence-corrected chi connectivity index (χ4v) is 1.57. The van der Waals surface area contributed by atoms with Crippen molar-refractivity contribution in [2.24, 2.45) is 0 Å². The summed E-state index contributed by atoms with van der Waals surface area (Å²) in [5.74, 6) is -1.15. The fourth-order valence-electron chi connectivity index (χ4n) is 1.57. The van der Waals surface area contributed by atoms with Crippen LogP contribution in [0.4, 0.5) is 4.79 Å². The molecule has 1 rings (SSSR count). The van der Waals surface area contributed by atoms with Crippen molar-refractivity contribution in [3.8, 4) is 0 Å². The lowest BCUT2D eigenvalue weighted by Gasteiger charge is -2.15. The zero-order valence-electron chi connectivity index (χ0n) is 11.3. The summed E-state index contributed by atoms with van der Waals surface area (Å²) in [5.41, 5.74) is 0.818. The summed E-state index contributed by atoms with van der Waals surface area (Å²) in [6.07, 6.45) is -0.963. The zero-order chi connectivity index (χ0) is 15.0. The van der Waals surface area contributed by atoms with Gasteiger partial charge >= 0.3 is 12.1 Å². The van der Waals surface area contributed by atoms with E-state index in [4.69, 9.17) is 14.9 Å². The Kier molecular flexibility index (Phi) is 6.52. The van der Waals surface area contributed by atoms with E-state index in [2.05, 4.69) is 5.32 Å². The Bertz CT molecular complexity index is 432. The van der Waals surface area contributed by atoms with Crippen molar-refractivity contribution in [1.29, 1.82) is 0 Å². The second kappa shape index (κ2) is 8.16. The SMILES string of the molecule is C[C@@H](O)CC[C@@H](NC(=O)OCc1ccccc1)C(=O)O. The number of carbonyl (C=O) groups is 2. The van der Waals surface area contributed by atoms with Gasteiger partial charge in [0.25, 0.3) is 0 Å².